The highest BCUT2D eigenvalue weighted by Gasteiger charge is 2.27. The van der Waals surface area contributed by atoms with Crippen LogP contribution in [-0.4, -0.2) is 40.9 Å². The van der Waals surface area contributed by atoms with Gasteiger partial charge in [-0.05, 0) is 39.3 Å². The molecule has 1 N–H and O–H groups in total. The number of esters is 1. The van der Waals surface area contributed by atoms with Gasteiger partial charge in [0, 0.05) is 18.1 Å². The van der Waals surface area contributed by atoms with Crippen molar-refractivity contribution in [3.63, 3.8) is 0 Å². The molecule has 0 aliphatic carbocycles. The summed E-state index contributed by atoms with van der Waals surface area (Å²) in [5, 5.41) is 13.1. The first-order valence-corrected chi connectivity index (χ1v) is 8.39. The van der Waals surface area contributed by atoms with Crippen LogP contribution >= 0.6 is 12.6 Å². The molecule has 1 amide bonds. The van der Waals surface area contributed by atoms with E-state index in [1.54, 1.807) is 27.7 Å². The summed E-state index contributed by atoms with van der Waals surface area (Å²) in [6, 6.07) is 1.35. The van der Waals surface area contributed by atoms with E-state index < -0.39 is 33.7 Å². The van der Waals surface area contributed by atoms with E-state index in [2.05, 4.69) is 22.7 Å². The molecule has 1 atom stereocenters. The van der Waals surface area contributed by atoms with Gasteiger partial charge in [0.2, 0.25) is 5.12 Å². The van der Waals surface area contributed by atoms with E-state index in [9.17, 15) is 24.5 Å². The Morgan fingerprint density at radius 2 is 1.89 bits per heavy atom. The van der Waals surface area contributed by atoms with Crippen LogP contribution in [0, 0.1) is 17.0 Å². The Bertz CT molecular complexity index is 771. The lowest BCUT2D eigenvalue weighted by Crippen LogP contribution is -2.43. The van der Waals surface area contributed by atoms with Crippen LogP contribution < -0.4 is 5.32 Å². The minimum Gasteiger partial charge on any atom is -0.465 e. The van der Waals surface area contributed by atoms with Gasteiger partial charge in [0.15, 0.2) is 0 Å². The van der Waals surface area contributed by atoms with Gasteiger partial charge in [-0.3, -0.25) is 14.9 Å². The van der Waals surface area contributed by atoms with Gasteiger partial charge in [0.1, 0.15) is 11.6 Å². The number of amides is 1. The number of thiol groups is 1. The van der Waals surface area contributed by atoms with Crippen LogP contribution in [0.25, 0.3) is 0 Å². The summed E-state index contributed by atoms with van der Waals surface area (Å²) in [6.45, 7) is 6.55. The molecule has 27 heavy (non-hydrogen) atoms. The number of rotatable bonds is 6. The standard InChI is InChI=1S/C17H22N2O7S/c1-9-6-10(13(19(23)24)8-11(9)14(20)25-5)7-12(15(21)27)18-16(22)26-17(2,3)4/h6,8,12H,7H2,1-5H3,(H,18,22)(H,21,27)/t12-/m1/s1. The fourth-order valence-electron chi connectivity index (χ4n) is 2.29. The second-order valence-corrected chi connectivity index (χ2v) is 7.23. The fourth-order valence-corrected chi connectivity index (χ4v) is 2.45. The molecule has 0 unspecified atom stereocenters. The fraction of sp³-hybridized carbons (Fsp3) is 0.471. The molecule has 10 heteroatoms. The highest BCUT2D eigenvalue weighted by Crippen LogP contribution is 2.26. The minimum atomic E-state index is -1.15. The molecule has 9 nitrogen and oxygen atoms in total. The quantitative estimate of drug-likeness (QED) is 0.326. The second-order valence-electron chi connectivity index (χ2n) is 6.79. The van der Waals surface area contributed by atoms with Gasteiger partial charge in [-0.1, -0.05) is 0 Å². The molecule has 0 heterocycles. The number of aryl methyl sites for hydroxylation is 1. The highest BCUT2D eigenvalue weighted by atomic mass is 32.1. The monoisotopic (exact) mass is 398 g/mol. The molecule has 0 spiro atoms. The molecule has 0 aliphatic heterocycles. The van der Waals surface area contributed by atoms with Crippen molar-refractivity contribution in [2.75, 3.05) is 7.11 Å². The Hall–Kier alpha value is -2.62. The van der Waals surface area contributed by atoms with Gasteiger partial charge in [-0.15, -0.1) is 12.6 Å². The SMILES string of the molecule is COC(=O)c1cc([N+](=O)[O-])c(C[C@@H](NC(=O)OC(C)(C)C)C(=O)S)cc1C. The maximum atomic E-state index is 11.9. The molecule has 0 aromatic heterocycles. The lowest BCUT2D eigenvalue weighted by Gasteiger charge is -2.22. The van der Waals surface area contributed by atoms with Crippen LogP contribution in [0.4, 0.5) is 10.5 Å². The van der Waals surface area contributed by atoms with E-state index in [-0.39, 0.29) is 23.2 Å². The van der Waals surface area contributed by atoms with Crippen molar-refractivity contribution in [2.45, 2.75) is 45.8 Å². The second kappa shape index (κ2) is 8.85. The molecule has 0 radical (unpaired) electrons. The highest BCUT2D eigenvalue weighted by molar-refractivity contribution is 7.96. The number of alkyl carbamates (subject to hydrolysis) is 1. The third-order valence-electron chi connectivity index (χ3n) is 3.44. The van der Waals surface area contributed by atoms with Gasteiger partial charge < -0.3 is 14.8 Å². The average Bonchev–Trinajstić information content (AvgIpc) is 2.51. The first-order chi connectivity index (χ1) is 12.4. The Balaban J connectivity index is 3.20. The number of hydrogen-bond acceptors (Lipinski definition) is 7. The first kappa shape index (κ1) is 22.4. The molecule has 0 aliphatic rings. The van der Waals surface area contributed by atoms with Gasteiger partial charge >= 0.3 is 12.1 Å². The van der Waals surface area contributed by atoms with Crippen molar-refractivity contribution in [3.8, 4) is 0 Å². The van der Waals surface area contributed by atoms with Gasteiger partial charge in [0.05, 0.1) is 17.6 Å². The van der Waals surface area contributed by atoms with Crippen molar-refractivity contribution < 1.29 is 28.8 Å². The third-order valence-corrected chi connectivity index (χ3v) is 3.75. The number of nitrogens with one attached hydrogen (secondary N) is 1. The molecular formula is C17H22N2O7S. The Morgan fingerprint density at radius 1 is 1.30 bits per heavy atom. The predicted molar refractivity (Wildman–Crippen MR) is 100 cm³/mol. The summed E-state index contributed by atoms with van der Waals surface area (Å²) in [4.78, 5) is 46.2. The molecule has 0 saturated carbocycles. The maximum absolute atomic E-state index is 11.9. The number of hydrogen-bond donors (Lipinski definition) is 2. The normalized spacial score (nSPS) is 12.1. The number of carbonyl (C=O) groups excluding carboxylic acids is 3. The molecule has 1 rings (SSSR count). The zero-order chi connectivity index (χ0) is 20.9. The number of benzene rings is 1. The van der Waals surface area contributed by atoms with Gasteiger partial charge in [-0.2, -0.15) is 0 Å². The maximum Gasteiger partial charge on any atom is 0.408 e. The molecular weight excluding hydrogens is 376 g/mol. The number of nitrogens with zero attached hydrogens (tertiary/aromatic N) is 1. The molecule has 1 aromatic carbocycles. The van der Waals surface area contributed by atoms with Crippen molar-refractivity contribution in [2.24, 2.45) is 0 Å². The Kier molecular flexibility index (Phi) is 7.35. The predicted octanol–water partition coefficient (Wildman–Crippen LogP) is 2.58. The lowest BCUT2D eigenvalue weighted by molar-refractivity contribution is -0.385. The minimum absolute atomic E-state index is 0.0433. The largest absolute Gasteiger partial charge is 0.465 e. The summed E-state index contributed by atoms with van der Waals surface area (Å²) in [5.41, 5.74) is -0.508. The van der Waals surface area contributed by atoms with Crippen LogP contribution in [0.5, 0.6) is 0 Å². The van der Waals surface area contributed by atoms with Gasteiger partial charge in [0.25, 0.3) is 5.69 Å². The summed E-state index contributed by atoms with van der Waals surface area (Å²) < 4.78 is 9.70. The summed E-state index contributed by atoms with van der Waals surface area (Å²) >= 11 is 3.74. The van der Waals surface area contributed by atoms with Crippen LogP contribution in [0.1, 0.15) is 42.3 Å². The lowest BCUT2D eigenvalue weighted by atomic mass is 9.98. The van der Waals surface area contributed by atoms with Crippen molar-refractivity contribution in [1.29, 1.82) is 0 Å². The summed E-state index contributed by atoms with van der Waals surface area (Å²) in [5.74, 6) is -0.712. The Labute approximate surface area is 162 Å². The molecule has 1 aromatic rings. The topological polar surface area (TPSA) is 125 Å². The smallest absolute Gasteiger partial charge is 0.408 e. The zero-order valence-corrected chi connectivity index (χ0v) is 16.6. The van der Waals surface area contributed by atoms with Crippen LogP contribution in [0.3, 0.4) is 0 Å². The average molecular weight is 398 g/mol. The van der Waals surface area contributed by atoms with E-state index in [0.29, 0.717) is 5.56 Å². The third kappa shape index (κ3) is 6.55. The number of nitro benzene ring substituents is 1. The number of carbonyl (C=O) groups is 3. The van der Waals surface area contributed by atoms with Crippen molar-refractivity contribution in [1.82, 2.24) is 5.32 Å². The molecule has 0 saturated heterocycles. The van der Waals surface area contributed by atoms with E-state index in [0.717, 1.165) is 6.07 Å². The van der Waals surface area contributed by atoms with E-state index in [1.165, 1.54) is 13.2 Å². The van der Waals surface area contributed by atoms with Crippen LogP contribution in [0.15, 0.2) is 12.1 Å². The molecule has 148 valence electrons. The molecule has 0 fully saturated rings. The Morgan fingerprint density at radius 3 is 2.33 bits per heavy atom. The van der Waals surface area contributed by atoms with Gasteiger partial charge in [-0.25, -0.2) is 9.59 Å². The number of methoxy groups -OCH3 is 1. The zero-order valence-electron chi connectivity index (χ0n) is 15.7. The van der Waals surface area contributed by atoms with Crippen LogP contribution in [-0.2, 0) is 20.7 Å². The van der Waals surface area contributed by atoms with Crippen LogP contribution in [0.2, 0.25) is 0 Å². The van der Waals surface area contributed by atoms with Crippen molar-refractivity contribution >= 4 is 35.5 Å². The van der Waals surface area contributed by atoms with E-state index in [4.69, 9.17) is 4.74 Å². The first-order valence-electron chi connectivity index (χ1n) is 7.94. The number of ether oxygens (including phenoxy) is 2. The van der Waals surface area contributed by atoms with E-state index >= 15 is 0 Å². The number of nitro groups is 1. The molecule has 0 bridgehead atoms. The van der Waals surface area contributed by atoms with E-state index in [1.807, 2.05) is 0 Å². The summed E-state index contributed by atoms with van der Waals surface area (Å²) in [7, 11) is 1.17. The van der Waals surface area contributed by atoms with Crippen molar-refractivity contribution in [3.05, 3.63) is 38.9 Å². The summed E-state index contributed by atoms with van der Waals surface area (Å²) in [6.07, 6.45) is -1.04.